The van der Waals surface area contributed by atoms with Crippen molar-refractivity contribution in [1.82, 2.24) is 9.55 Å². The standard InChI is InChI=1S/C11H15N3O/c1-4-5-6-9-7-14(8(2)3)11(15)13-10(9)12/h7-8H,4H2,1-3H3,(H2,12,13,15). The van der Waals surface area contributed by atoms with Gasteiger partial charge in [-0.1, -0.05) is 18.8 Å². The second-order valence-electron chi connectivity index (χ2n) is 3.48. The van der Waals surface area contributed by atoms with E-state index in [9.17, 15) is 4.79 Å². The van der Waals surface area contributed by atoms with Crippen molar-refractivity contribution in [2.24, 2.45) is 0 Å². The zero-order chi connectivity index (χ0) is 11.4. The minimum Gasteiger partial charge on any atom is -0.382 e. The lowest BCUT2D eigenvalue weighted by atomic mass is 10.3. The van der Waals surface area contributed by atoms with Crippen molar-refractivity contribution >= 4 is 5.82 Å². The SMILES string of the molecule is CCC#Cc1cn(C(C)C)c(=O)nc1N. The van der Waals surface area contributed by atoms with Crippen LogP contribution in [-0.4, -0.2) is 9.55 Å². The number of nitrogens with two attached hydrogens (primary N) is 1. The average molecular weight is 205 g/mol. The molecule has 80 valence electrons. The number of hydrogen-bond donors (Lipinski definition) is 1. The molecular formula is C11H15N3O. The van der Waals surface area contributed by atoms with Crippen molar-refractivity contribution in [3.05, 3.63) is 22.2 Å². The van der Waals surface area contributed by atoms with E-state index >= 15 is 0 Å². The van der Waals surface area contributed by atoms with E-state index < -0.39 is 0 Å². The molecule has 0 fully saturated rings. The molecule has 4 nitrogen and oxygen atoms in total. The van der Waals surface area contributed by atoms with Crippen LogP contribution in [0, 0.1) is 11.8 Å². The second kappa shape index (κ2) is 4.65. The van der Waals surface area contributed by atoms with Crippen LogP contribution in [0.4, 0.5) is 5.82 Å². The highest BCUT2D eigenvalue weighted by atomic mass is 16.1. The molecule has 0 saturated heterocycles. The van der Waals surface area contributed by atoms with Gasteiger partial charge in [-0.05, 0) is 13.8 Å². The van der Waals surface area contributed by atoms with Gasteiger partial charge >= 0.3 is 5.69 Å². The summed E-state index contributed by atoms with van der Waals surface area (Å²) in [5, 5.41) is 0. The van der Waals surface area contributed by atoms with Crippen LogP contribution in [0.25, 0.3) is 0 Å². The number of rotatable bonds is 1. The number of nitrogen functional groups attached to an aromatic ring is 1. The summed E-state index contributed by atoms with van der Waals surface area (Å²) in [6.45, 7) is 5.78. The highest BCUT2D eigenvalue weighted by Crippen LogP contribution is 2.06. The smallest absolute Gasteiger partial charge is 0.349 e. The van der Waals surface area contributed by atoms with Crippen LogP contribution in [0.2, 0.25) is 0 Å². The van der Waals surface area contributed by atoms with Crippen LogP contribution in [0.5, 0.6) is 0 Å². The Labute approximate surface area is 89.1 Å². The highest BCUT2D eigenvalue weighted by Gasteiger charge is 2.05. The minimum atomic E-state index is -0.329. The summed E-state index contributed by atoms with van der Waals surface area (Å²) in [4.78, 5) is 15.2. The van der Waals surface area contributed by atoms with E-state index in [4.69, 9.17) is 5.73 Å². The van der Waals surface area contributed by atoms with E-state index in [1.165, 1.54) is 4.57 Å². The maximum atomic E-state index is 11.4. The molecule has 0 saturated carbocycles. The van der Waals surface area contributed by atoms with Crippen LogP contribution in [-0.2, 0) is 0 Å². The number of aromatic nitrogens is 2. The molecule has 2 N–H and O–H groups in total. The van der Waals surface area contributed by atoms with Gasteiger partial charge in [0.1, 0.15) is 5.82 Å². The van der Waals surface area contributed by atoms with Gasteiger partial charge in [-0.25, -0.2) is 4.79 Å². The lowest BCUT2D eigenvalue weighted by Crippen LogP contribution is -2.25. The first-order chi connectivity index (χ1) is 7.06. The Morgan fingerprint density at radius 2 is 2.27 bits per heavy atom. The van der Waals surface area contributed by atoms with E-state index in [0.717, 1.165) is 6.42 Å². The van der Waals surface area contributed by atoms with Crippen LogP contribution in [0.1, 0.15) is 38.8 Å². The first-order valence-corrected chi connectivity index (χ1v) is 4.93. The van der Waals surface area contributed by atoms with E-state index in [-0.39, 0.29) is 17.5 Å². The maximum absolute atomic E-state index is 11.4. The summed E-state index contributed by atoms with van der Waals surface area (Å²) in [6, 6.07) is 0.0628. The van der Waals surface area contributed by atoms with Crippen molar-refractivity contribution in [3.63, 3.8) is 0 Å². The molecule has 0 aliphatic carbocycles. The Balaban J connectivity index is 3.30. The van der Waals surface area contributed by atoms with Crippen LogP contribution < -0.4 is 11.4 Å². The number of anilines is 1. The third-order valence-corrected chi connectivity index (χ3v) is 1.94. The summed E-state index contributed by atoms with van der Waals surface area (Å²) in [5.41, 5.74) is 5.89. The third kappa shape index (κ3) is 2.59. The van der Waals surface area contributed by atoms with Crippen molar-refractivity contribution < 1.29 is 0 Å². The molecule has 0 bridgehead atoms. The van der Waals surface area contributed by atoms with Gasteiger partial charge in [-0.2, -0.15) is 4.98 Å². The zero-order valence-corrected chi connectivity index (χ0v) is 9.24. The summed E-state index contributed by atoms with van der Waals surface area (Å²) >= 11 is 0. The fraction of sp³-hybridized carbons (Fsp3) is 0.455. The van der Waals surface area contributed by atoms with Crippen molar-refractivity contribution in [2.75, 3.05) is 5.73 Å². The molecule has 0 spiro atoms. The Hall–Kier alpha value is -1.76. The summed E-state index contributed by atoms with van der Waals surface area (Å²) in [6.07, 6.45) is 2.41. The highest BCUT2D eigenvalue weighted by molar-refractivity contribution is 5.48. The lowest BCUT2D eigenvalue weighted by molar-refractivity contribution is 0.564. The van der Waals surface area contributed by atoms with E-state index in [2.05, 4.69) is 16.8 Å². The van der Waals surface area contributed by atoms with Gasteiger partial charge in [0.2, 0.25) is 0 Å². The predicted octanol–water partition coefficient (Wildman–Crippen LogP) is 1.17. The van der Waals surface area contributed by atoms with Crippen molar-refractivity contribution in [3.8, 4) is 11.8 Å². The quantitative estimate of drug-likeness (QED) is 0.700. The molecule has 1 aromatic rings. The molecule has 0 aliphatic rings. The van der Waals surface area contributed by atoms with Gasteiger partial charge in [0.15, 0.2) is 0 Å². The third-order valence-electron chi connectivity index (χ3n) is 1.94. The van der Waals surface area contributed by atoms with Gasteiger partial charge in [0.25, 0.3) is 0 Å². The van der Waals surface area contributed by atoms with Crippen LogP contribution >= 0.6 is 0 Å². The van der Waals surface area contributed by atoms with Gasteiger partial charge in [0.05, 0.1) is 5.56 Å². The normalized spacial score (nSPS) is 9.87. The first kappa shape index (κ1) is 11.3. The summed E-state index contributed by atoms with van der Waals surface area (Å²) in [5.74, 6) is 6.00. The molecule has 0 aliphatic heterocycles. The minimum absolute atomic E-state index is 0.0628. The Bertz CT molecular complexity index is 463. The predicted molar refractivity (Wildman–Crippen MR) is 60.5 cm³/mol. The van der Waals surface area contributed by atoms with Gasteiger partial charge in [-0.15, -0.1) is 0 Å². The fourth-order valence-corrected chi connectivity index (χ4v) is 1.13. The molecule has 1 aromatic heterocycles. The molecule has 0 radical (unpaired) electrons. The lowest BCUT2D eigenvalue weighted by Gasteiger charge is -2.09. The van der Waals surface area contributed by atoms with Crippen molar-refractivity contribution in [2.45, 2.75) is 33.2 Å². The van der Waals surface area contributed by atoms with Gasteiger partial charge in [-0.3, -0.25) is 4.57 Å². The topological polar surface area (TPSA) is 60.9 Å². The average Bonchev–Trinajstić information content (AvgIpc) is 2.16. The molecule has 0 amide bonds. The first-order valence-electron chi connectivity index (χ1n) is 4.93. The molecule has 0 aromatic carbocycles. The van der Waals surface area contributed by atoms with Gasteiger partial charge < -0.3 is 5.73 Å². The van der Waals surface area contributed by atoms with Gasteiger partial charge in [0, 0.05) is 18.7 Å². The number of hydrogen-bond acceptors (Lipinski definition) is 3. The Morgan fingerprint density at radius 1 is 1.60 bits per heavy atom. The zero-order valence-electron chi connectivity index (χ0n) is 9.24. The van der Waals surface area contributed by atoms with E-state index in [0.29, 0.717) is 5.56 Å². The molecule has 0 atom stereocenters. The second-order valence-corrected chi connectivity index (χ2v) is 3.48. The maximum Gasteiger partial charge on any atom is 0.349 e. The fourth-order valence-electron chi connectivity index (χ4n) is 1.13. The Morgan fingerprint density at radius 3 is 2.80 bits per heavy atom. The molecule has 1 rings (SSSR count). The molecule has 0 unspecified atom stereocenters. The summed E-state index contributed by atoms with van der Waals surface area (Å²) < 4.78 is 1.52. The molecular weight excluding hydrogens is 190 g/mol. The number of nitrogens with zero attached hydrogens (tertiary/aromatic N) is 2. The summed E-state index contributed by atoms with van der Waals surface area (Å²) in [7, 11) is 0. The monoisotopic (exact) mass is 205 g/mol. The van der Waals surface area contributed by atoms with E-state index in [1.807, 2.05) is 20.8 Å². The Kier molecular flexibility index (Phi) is 3.51. The molecule has 4 heteroatoms. The van der Waals surface area contributed by atoms with E-state index in [1.54, 1.807) is 6.20 Å². The van der Waals surface area contributed by atoms with Crippen LogP contribution in [0.15, 0.2) is 11.0 Å². The molecule has 1 heterocycles. The van der Waals surface area contributed by atoms with Crippen LogP contribution in [0.3, 0.4) is 0 Å². The largest absolute Gasteiger partial charge is 0.382 e. The van der Waals surface area contributed by atoms with Crippen molar-refractivity contribution in [1.29, 1.82) is 0 Å². The molecule has 15 heavy (non-hydrogen) atoms.